The van der Waals surface area contributed by atoms with Crippen molar-refractivity contribution in [3.05, 3.63) is 53.4 Å². The molecule has 1 aliphatic heterocycles. The predicted octanol–water partition coefficient (Wildman–Crippen LogP) is 3.72. The van der Waals surface area contributed by atoms with Crippen molar-refractivity contribution in [1.29, 1.82) is 0 Å². The van der Waals surface area contributed by atoms with Gasteiger partial charge in [-0.2, -0.15) is 0 Å². The van der Waals surface area contributed by atoms with Crippen LogP contribution >= 0.6 is 11.3 Å². The second kappa shape index (κ2) is 7.38. The highest BCUT2D eigenvalue weighted by molar-refractivity contribution is 7.16. The van der Waals surface area contributed by atoms with Crippen LogP contribution in [0.15, 0.2) is 48.5 Å². The topological polar surface area (TPSA) is 38.3 Å². The van der Waals surface area contributed by atoms with Crippen molar-refractivity contribution in [2.75, 3.05) is 13.2 Å². The van der Waals surface area contributed by atoms with E-state index in [-0.39, 0.29) is 12.0 Å². The fourth-order valence-electron chi connectivity index (χ4n) is 2.44. The van der Waals surface area contributed by atoms with Crippen molar-refractivity contribution in [3.8, 4) is 10.4 Å². The van der Waals surface area contributed by atoms with Crippen LogP contribution in [0.3, 0.4) is 0 Å². The highest BCUT2D eigenvalue weighted by Crippen LogP contribution is 2.28. The van der Waals surface area contributed by atoms with Crippen LogP contribution in [-0.2, 0) is 9.53 Å². The fourth-order valence-corrected chi connectivity index (χ4v) is 3.35. The summed E-state index contributed by atoms with van der Waals surface area (Å²) in [7, 11) is 0. The number of nitrogens with one attached hydrogen (secondary N) is 1. The van der Waals surface area contributed by atoms with E-state index >= 15 is 0 Å². The maximum Gasteiger partial charge on any atom is 0.244 e. The van der Waals surface area contributed by atoms with Gasteiger partial charge in [-0.25, -0.2) is 0 Å². The number of thiophene rings is 1. The monoisotopic (exact) mass is 313 g/mol. The molecule has 0 aliphatic carbocycles. The Hall–Kier alpha value is -1.91. The van der Waals surface area contributed by atoms with Crippen molar-refractivity contribution in [3.63, 3.8) is 0 Å². The first-order chi connectivity index (χ1) is 10.8. The Morgan fingerprint density at radius 1 is 1.27 bits per heavy atom. The quantitative estimate of drug-likeness (QED) is 0.854. The molecule has 0 bridgehead atoms. The lowest BCUT2D eigenvalue weighted by Gasteiger charge is -2.08. The number of carbonyl (C=O) groups is 1. The number of amides is 1. The van der Waals surface area contributed by atoms with Crippen molar-refractivity contribution in [1.82, 2.24) is 5.32 Å². The molecule has 1 unspecified atom stereocenters. The zero-order valence-corrected chi connectivity index (χ0v) is 13.1. The minimum absolute atomic E-state index is 0.0647. The van der Waals surface area contributed by atoms with Gasteiger partial charge in [0.15, 0.2) is 0 Å². The molecule has 3 rings (SSSR count). The molecule has 1 atom stereocenters. The molecule has 1 fully saturated rings. The second-order valence-electron chi connectivity index (χ2n) is 5.28. The Morgan fingerprint density at radius 3 is 2.91 bits per heavy atom. The van der Waals surface area contributed by atoms with Gasteiger partial charge in [0.1, 0.15) is 0 Å². The van der Waals surface area contributed by atoms with Crippen LogP contribution in [0.25, 0.3) is 16.5 Å². The van der Waals surface area contributed by atoms with Crippen LogP contribution in [0.1, 0.15) is 17.7 Å². The lowest BCUT2D eigenvalue weighted by atomic mass is 10.2. The third kappa shape index (κ3) is 4.06. The minimum atomic E-state index is -0.0647. The summed E-state index contributed by atoms with van der Waals surface area (Å²) in [6.45, 7) is 1.41. The van der Waals surface area contributed by atoms with Crippen LogP contribution < -0.4 is 5.32 Å². The first-order valence-electron chi connectivity index (χ1n) is 7.54. The van der Waals surface area contributed by atoms with Crippen molar-refractivity contribution in [2.45, 2.75) is 18.9 Å². The first-order valence-corrected chi connectivity index (χ1v) is 8.36. The van der Waals surface area contributed by atoms with Gasteiger partial charge in [-0.05, 0) is 36.6 Å². The molecule has 1 amide bonds. The summed E-state index contributed by atoms with van der Waals surface area (Å²) in [5.41, 5.74) is 1.20. The highest BCUT2D eigenvalue weighted by Gasteiger charge is 2.15. The summed E-state index contributed by atoms with van der Waals surface area (Å²) in [4.78, 5) is 14.1. The lowest BCUT2D eigenvalue weighted by molar-refractivity contribution is -0.116. The predicted molar refractivity (Wildman–Crippen MR) is 90.8 cm³/mol. The Bertz CT molecular complexity index is 642. The Balaban J connectivity index is 1.54. The molecule has 3 nitrogen and oxygen atoms in total. The SMILES string of the molecule is O=C(/C=C/c1ccc(-c2ccccc2)s1)NCC1CCCO1. The van der Waals surface area contributed by atoms with Crippen molar-refractivity contribution in [2.24, 2.45) is 0 Å². The van der Waals surface area contributed by atoms with Gasteiger partial charge in [0.05, 0.1) is 6.10 Å². The van der Waals surface area contributed by atoms with E-state index in [0.29, 0.717) is 6.54 Å². The van der Waals surface area contributed by atoms with Gasteiger partial charge in [-0.15, -0.1) is 11.3 Å². The van der Waals surface area contributed by atoms with Crippen LogP contribution in [0.2, 0.25) is 0 Å². The number of carbonyl (C=O) groups excluding carboxylic acids is 1. The molecule has 4 heteroatoms. The van der Waals surface area contributed by atoms with Crippen LogP contribution in [0.4, 0.5) is 0 Å². The Kier molecular flexibility index (Phi) is 5.03. The average Bonchev–Trinajstić information content (AvgIpc) is 3.23. The molecule has 22 heavy (non-hydrogen) atoms. The number of rotatable bonds is 5. The van der Waals surface area contributed by atoms with Gasteiger partial charge in [0, 0.05) is 29.0 Å². The molecular formula is C18H19NO2S. The molecule has 0 saturated carbocycles. The van der Waals surface area contributed by atoms with E-state index in [1.807, 2.05) is 30.3 Å². The van der Waals surface area contributed by atoms with Crippen molar-refractivity contribution < 1.29 is 9.53 Å². The Labute approximate surface area is 134 Å². The normalized spacial score (nSPS) is 17.9. The zero-order valence-electron chi connectivity index (χ0n) is 12.3. The molecular weight excluding hydrogens is 294 g/mol. The molecule has 114 valence electrons. The van der Waals surface area contributed by atoms with Crippen LogP contribution in [-0.4, -0.2) is 25.2 Å². The third-order valence-electron chi connectivity index (χ3n) is 3.61. The lowest BCUT2D eigenvalue weighted by Crippen LogP contribution is -2.30. The fraction of sp³-hybridized carbons (Fsp3) is 0.278. The second-order valence-corrected chi connectivity index (χ2v) is 6.40. The Morgan fingerprint density at radius 2 is 2.14 bits per heavy atom. The molecule has 1 N–H and O–H groups in total. The molecule has 1 saturated heterocycles. The van der Waals surface area contributed by atoms with Crippen LogP contribution in [0.5, 0.6) is 0 Å². The molecule has 0 spiro atoms. The van der Waals surface area contributed by atoms with Gasteiger partial charge in [0.2, 0.25) is 5.91 Å². The number of hydrogen-bond donors (Lipinski definition) is 1. The molecule has 0 radical (unpaired) electrons. The van der Waals surface area contributed by atoms with E-state index in [2.05, 4.69) is 23.5 Å². The largest absolute Gasteiger partial charge is 0.376 e. The van der Waals surface area contributed by atoms with E-state index in [4.69, 9.17) is 4.74 Å². The van der Waals surface area contributed by atoms with E-state index in [9.17, 15) is 4.79 Å². The summed E-state index contributed by atoms with van der Waals surface area (Å²) in [6.07, 6.45) is 5.77. The molecule has 1 aromatic heterocycles. The highest BCUT2D eigenvalue weighted by atomic mass is 32.1. The maximum atomic E-state index is 11.8. The van der Waals surface area contributed by atoms with Crippen molar-refractivity contribution >= 4 is 23.3 Å². The maximum absolute atomic E-state index is 11.8. The number of ether oxygens (including phenoxy) is 1. The van der Waals surface area contributed by atoms with Gasteiger partial charge >= 0.3 is 0 Å². The smallest absolute Gasteiger partial charge is 0.244 e. The summed E-state index contributed by atoms with van der Waals surface area (Å²) in [5.74, 6) is -0.0647. The minimum Gasteiger partial charge on any atom is -0.376 e. The molecule has 1 aliphatic rings. The summed E-state index contributed by atoms with van der Waals surface area (Å²) >= 11 is 1.68. The van der Waals surface area contributed by atoms with Gasteiger partial charge < -0.3 is 10.1 Å². The van der Waals surface area contributed by atoms with E-state index in [1.54, 1.807) is 17.4 Å². The summed E-state index contributed by atoms with van der Waals surface area (Å²) < 4.78 is 5.48. The van der Waals surface area contributed by atoms with E-state index < -0.39 is 0 Å². The van der Waals surface area contributed by atoms with Gasteiger partial charge in [-0.1, -0.05) is 30.3 Å². The van der Waals surface area contributed by atoms with E-state index in [0.717, 1.165) is 24.3 Å². The van der Waals surface area contributed by atoms with Gasteiger partial charge in [0.25, 0.3) is 0 Å². The molecule has 2 heterocycles. The first kappa shape index (κ1) is 15.0. The number of benzene rings is 1. The number of hydrogen-bond acceptors (Lipinski definition) is 3. The summed E-state index contributed by atoms with van der Waals surface area (Å²) in [5, 5.41) is 2.89. The average molecular weight is 313 g/mol. The molecule has 1 aromatic carbocycles. The molecule has 2 aromatic rings. The summed E-state index contributed by atoms with van der Waals surface area (Å²) in [6, 6.07) is 14.4. The van der Waals surface area contributed by atoms with Crippen LogP contribution in [0, 0.1) is 0 Å². The van der Waals surface area contributed by atoms with Gasteiger partial charge in [-0.3, -0.25) is 4.79 Å². The standard InChI is InChI=1S/C18H19NO2S/c20-18(19-13-15-7-4-12-21-15)11-9-16-8-10-17(22-16)14-5-2-1-3-6-14/h1-3,5-6,8-11,15H,4,7,12-13H2,(H,19,20)/b11-9+. The van der Waals surface area contributed by atoms with E-state index in [1.165, 1.54) is 10.4 Å². The zero-order chi connectivity index (χ0) is 15.2. The third-order valence-corrected chi connectivity index (χ3v) is 4.71.